The Hall–Kier alpha value is -1.27. The van der Waals surface area contributed by atoms with Crippen LogP contribution in [0.15, 0.2) is 27.7 Å². The highest BCUT2D eigenvalue weighted by Crippen LogP contribution is 2.36. The largest absolute Gasteiger partial charge is 0.326 e. The van der Waals surface area contributed by atoms with E-state index in [0.29, 0.717) is 5.75 Å². The summed E-state index contributed by atoms with van der Waals surface area (Å²) >= 11 is 5.12. The number of nitrogens with one attached hydrogen (secondary N) is 1. The number of carbonyl (C=O) groups excluding carboxylic acids is 1. The quantitative estimate of drug-likeness (QED) is 0.869. The van der Waals surface area contributed by atoms with Crippen LogP contribution in [-0.4, -0.2) is 21.2 Å². The summed E-state index contributed by atoms with van der Waals surface area (Å²) in [6.45, 7) is 1.96. The van der Waals surface area contributed by atoms with Crippen molar-refractivity contribution in [2.24, 2.45) is 7.05 Å². The van der Waals surface area contributed by atoms with Gasteiger partial charge in [-0.05, 0) is 35.0 Å². The van der Waals surface area contributed by atoms with Crippen molar-refractivity contribution in [1.82, 2.24) is 9.55 Å². The van der Waals surface area contributed by atoms with Crippen LogP contribution < -0.4 is 5.32 Å². The predicted octanol–water partition coefficient (Wildman–Crippen LogP) is 3.20. The molecule has 2 heterocycles. The number of amides is 1. The van der Waals surface area contributed by atoms with Crippen molar-refractivity contribution in [2.75, 3.05) is 11.1 Å². The van der Waals surface area contributed by atoms with Gasteiger partial charge < -0.3 is 9.88 Å². The molecule has 0 aliphatic carbocycles. The minimum atomic E-state index is 0.0471. The second-order valence-corrected chi connectivity index (χ2v) is 6.17. The number of fused-ring (bicyclic) bond motifs is 1. The molecule has 0 saturated carbocycles. The van der Waals surface area contributed by atoms with Crippen molar-refractivity contribution in [1.29, 1.82) is 0 Å². The van der Waals surface area contributed by atoms with Gasteiger partial charge in [0.25, 0.3) is 0 Å². The Kier molecular flexibility index (Phi) is 3.14. The molecule has 0 spiro atoms. The Morgan fingerprint density at radius 3 is 2.95 bits per heavy atom. The summed E-state index contributed by atoms with van der Waals surface area (Å²) in [5, 5.41) is 2.90. The van der Waals surface area contributed by atoms with E-state index in [0.717, 1.165) is 32.3 Å². The fourth-order valence-electron chi connectivity index (χ4n) is 2.00. The van der Waals surface area contributed by atoms with E-state index in [2.05, 4.69) is 26.2 Å². The number of rotatable bonds is 1. The molecule has 1 N–H and O–H groups in total. The van der Waals surface area contributed by atoms with Gasteiger partial charge in [0.05, 0.1) is 11.4 Å². The number of imidazole rings is 1. The molecule has 1 aliphatic rings. The Morgan fingerprint density at radius 1 is 1.47 bits per heavy atom. The van der Waals surface area contributed by atoms with E-state index >= 15 is 0 Å². The van der Waals surface area contributed by atoms with E-state index in [1.807, 2.05) is 36.7 Å². The number of anilines is 1. The summed E-state index contributed by atoms with van der Waals surface area (Å²) < 4.78 is 2.93. The standard InChI is InChI=1S/C13H12BrN3OS/c1-7-15-12(13(14)17(7)2)8-3-4-10-9(5-8)16-11(18)6-19-10/h3-5H,6H2,1-2H3,(H,16,18). The maximum absolute atomic E-state index is 11.4. The van der Waals surface area contributed by atoms with Gasteiger partial charge in [0.15, 0.2) is 0 Å². The normalized spacial score (nSPS) is 14.2. The van der Waals surface area contributed by atoms with Crippen molar-refractivity contribution in [3.63, 3.8) is 0 Å². The van der Waals surface area contributed by atoms with Gasteiger partial charge in [0, 0.05) is 17.5 Å². The summed E-state index contributed by atoms with van der Waals surface area (Å²) in [6, 6.07) is 6.05. The number of aromatic nitrogens is 2. The smallest absolute Gasteiger partial charge is 0.234 e. The zero-order chi connectivity index (χ0) is 13.6. The first-order valence-electron chi connectivity index (χ1n) is 5.82. The molecular formula is C13H12BrN3OS. The lowest BCUT2D eigenvalue weighted by Crippen LogP contribution is -2.18. The molecule has 4 nitrogen and oxygen atoms in total. The first-order valence-corrected chi connectivity index (χ1v) is 7.60. The maximum atomic E-state index is 11.4. The maximum Gasteiger partial charge on any atom is 0.234 e. The Labute approximate surface area is 123 Å². The molecule has 1 aliphatic heterocycles. The minimum Gasteiger partial charge on any atom is -0.326 e. The second kappa shape index (κ2) is 4.68. The number of aryl methyl sites for hydroxylation is 1. The summed E-state index contributed by atoms with van der Waals surface area (Å²) in [4.78, 5) is 17.1. The Morgan fingerprint density at radius 2 is 2.26 bits per heavy atom. The molecule has 1 amide bonds. The summed E-state index contributed by atoms with van der Waals surface area (Å²) in [6.07, 6.45) is 0. The monoisotopic (exact) mass is 337 g/mol. The number of halogens is 1. The van der Waals surface area contributed by atoms with E-state index in [4.69, 9.17) is 0 Å². The van der Waals surface area contributed by atoms with Gasteiger partial charge in [-0.15, -0.1) is 11.8 Å². The van der Waals surface area contributed by atoms with Gasteiger partial charge in [-0.2, -0.15) is 0 Å². The van der Waals surface area contributed by atoms with Crippen LogP contribution in [0.1, 0.15) is 5.82 Å². The lowest BCUT2D eigenvalue weighted by Gasteiger charge is -2.16. The zero-order valence-electron chi connectivity index (χ0n) is 10.5. The van der Waals surface area contributed by atoms with E-state index < -0.39 is 0 Å². The Bertz CT molecular complexity index is 681. The number of carbonyl (C=O) groups is 1. The molecule has 1 aromatic heterocycles. The van der Waals surface area contributed by atoms with Crippen LogP contribution in [0, 0.1) is 6.92 Å². The van der Waals surface area contributed by atoms with Gasteiger partial charge >= 0.3 is 0 Å². The van der Waals surface area contributed by atoms with Crippen LogP contribution in [0.25, 0.3) is 11.3 Å². The van der Waals surface area contributed by atoms with Crippen LogP contribution in [0.2, 0.25) is 0 Å². The SMILES string of the molecule is Cc1nc(-c2ccc3c(c2)NC(=O)CS3)c(Br)n1C. The highest BCUT2D eigenvalue weighted by Gasteiger charge is 2.18. The van der Waals surface area contributed by atoms with Gasteiger partial charge in [0.1, 0.15) is 16.1 Å². The van der Waals surface area contributed by atoms with Crippen molar-refractivity contribution < 1.29 is 4.79 Å². The second-order valence-electron chi connectivity index (χ2n) is 4.41. The van der Waals surface area contributed by atoms with Gasteiger partial charge in [-0.1, -0.05) is 6.07 Å². The fraction of sp³-hybridized carbons (Fsp3) is 0.231. The number of nitrogens with zero attached hydrogens (tertiary/aromatic N) is 2. The van der Waals surface area contributed by atoms with Gasteiger partial charge in [-0.3, -0.25) is 4.79 Å². The molecule has 0 fully saturated rings. The zero-order valence-corrected chi connectivity index (χ0v) is 12.9. The molecule has 0 saturated heterocycles. The summed E-state index contributed by atoms with van der Waals surface area (Å²) in [5.41, 5.74) is 2.76. The predicted molar refractivity (Wildman–Crippen MR) is 80.4 cm³/mol. The third kappa shape index (κ3) is 2.19. The topological polar surface area (TPSA) is 46.9 Å². The molecule has 98 valence electrons. The van der Waals surface area contributed by atoms with E-state index in [1.54, 1.807) is 11.8 Å². The highest BCUT2D eigenvalue weighted by molar-refractivity contribution is 9.10. The van der Waals surface area contributed by atoms with Crippen molar-refractivity contribution >= 4 is 39.3 Å². The van der Waals surface area contributed by atoms with Crippen LogP contribution >= 0.6 is 27.7 Å². The number of benzene rings is 1. The third-order valence-electron chi connectivity index (χ3n) is 3.13. The lowest BCUT2D eigenvalue weighted by molar-refractivity contribution is -0.113. The van der Waals surface area contributed by atoms with Crippen LogP contribution in [-0.2, 0) is 11.8 Å². The fourth-order valence-corrected chi connectivity index (χ4v) is 3.36. The minimum absolute atomic E-state index is 0.0471. The molecule has 0 radical (unpaired) electrons. The molecule has 0 bridgehead atoms. The molecule has 0 atom stereocenters. The molecular weight excluding hydrogens is 326 g/mol. The van der Waals surface area contributed by atoms with Crippen LogP contribution in [0.3, 0.4) is 0 Å². The lowest BCUT2D eigenvalue weighted by atomic mass is 10.1. The van der Waals surface area contributed by atoms with Gasteiger partial charge in [-0.25, -0.2) is 4.98 Å². The van der Waals surface area contributed by atoms with Crippen molar-refractivity contribution in [2.45, 2.75) is 11.8 Å². The molecule has 6 heteroatoms. The first kappa shape index (κ1) is 12.7. The van der Waals surface area contributed by atoms with Crippen LogP contribution in [0.5, 0.6) is 0 Å². The third-order valence-corrected chi connectivity index (χ3v) is 5.12. The highest BCUT2D eigenvalue weighted by atomic mass is 79.9. The van der Waals surface area contributed by atoms with E-state index in [9.17, 15) is 4.79 Å². The van der Waals surface area contributed by atoms with E-state index in [1.165, 1.54) is 0 Å². The molecule has 2 aromatic rings. The van der Waals surface area contributed by atoms with Crippen molar-refractivity contribution in [3.05, 3.63) is 28.6 Å². The molecule has 3 rings (SSSR count). The molecule has 1 aromatic carbocycles. The average Bonchev–Trinajstić information content (AvgIpc) is 2.65. The van der Waals surface area contributed by atoms with Crippen LogP contribution in [0.4, 0.5) is 5.69 Å². The number of hydrogen-bond donors (Lipinski definition) is 1. The van der Waals surface area contributed by atoms with E-state index in [-0.39, 0.29) is 5.91 Å². The van der Waals surface area contributed by atoms with Gasteiger partial charge in [0.2, 0.25) is 5.91 Å². The Balaban J connectivity index is 2.09. The number of hydrogen-bond acceptors (Lipinski definition) is 3. The molecule has 0 unspecified atom stereocenters. The summed E-state index contributed by atoms with van der Waals surface area (Å²) in [5.74, 6) is 1.47. The first-order chi connectivity index (χ1) is 9.06. The van der Waals surface area contributed by atoms with Crippen molar-refractivity contribution in [3.8, 4) is 11.3 Å². The summed E-state index contributed by atoms with van der Waals surface area (Å²) in [7, 11) is 1.96. The molecule has 19 heavy (non-hydrogen) atoms. The average molecular weight is 338 g/mol. The number of thioether (sulfide) groups is 1.